The van der Waals surface area contributed by atoms with Crippen LogP contribution in [0.1, 0.15) is 77.3 Å². The molecule has 2 aromatic carbocycles. The molecule has 31 nitrogen and oxygen atoms in total. The van der Waals surface area contributed by atoms with Gasteiger partial charge in [-0.25, -0.2) is 23.5 Å². The highest BCUT2D eigenvalue weighted by Gasteiger charge is 2.42. The lowest BCUT2D eigenvalue weighted by molar-refractivity contribution is -0.116. The Morgan fingerprint density at radius 3 is 2.20 bits per heavy atom. The molecule has 0 saturated carbocycles. The van der Waals surface area contributed by atoms with Gasteiger partial charge in [0.05, 0.1) is 70.1 Å². The van der Waals surface area contributed by atoms with Crippen molar-refractivity contribution in [3.63, 3.8) is 0 Å². The first-order chi connectivity index (χ1) is 41.6. The highest BCUT2D eigenvalue weighted by atomic mass is 31.2. The Hall–Kier alpha value is -7.58. The molecule has 2 aromatic heterocycles. The van der Waals surface area contributed by atoms with E-state index < -0.39 is 107 Å². The molecule has 8 unspecified atom stereocenters. The molecule has 2 fully saturated rings. The average molecular weight is 1260 g/mol. The number of aromatic nitrogens is 4. The normalized spacial score (nSPS) is 20.0. The fourth-order valence-electron chi connectivity index (χ4n) is 9.38. The maximum atomic E-state index is 13.3. The van der Waals surface area contributed by atoms with Crippen LogP contribution in [0.2, 0.25) is 0 Å². The molecule has 8 atom stereocenters. The first-order valence-electron chi connectivity index (χ1n) is 27.1. The number of benzene rings is 3. The number of carboxylic acids is 1. The Morgan fingerprint density at radius 1 is 0.793 bits per heavy atom. The third kappa shape index (κ3) is 17.8. The Labute approximate surface area is 492 Å². The fraction of sp³-hybridized carbons (Fsp3) is 0.407. The highest BCUT2D eigenvalue weighted by molar-refractivity contribution is 7.47. The summed E-state index contributed by atoms with van der Waals surface area (Å²) in [6.45, 7) is -1.96. The van der Waals surface area contributed by atoms with Crippen LogP contribution in [-0.4, -0.2) is 157 Å². The SMILES string of the molecule is Nc1ccn(C2CC(O)C(COP(=O)(O)OCCOCCOCCOP(=O)(O)OC3CC(n4cc(/C=C/C(=O)NCCCCCCNC(=O)c5ccc(C(=O)O)c(-c6c7ccc(=O)cc-7oc7cc(O)ccc67)c5)c(=O)[nH]c4=O)OC3CO)O2)c(=O)n1. The van der Waals surface area contributed by atoms with Crippen molar-refractivity contribution in [2.24, 2.45) is 0 Å². The molecule has 0 spiro atoms. The van der Waals surface area contributed by atoms with Gasteiger partial charge in [0.1, 0.15) is 53.7 Å². The molecule has 468 valence electrons. The van der Waals surface area contributed by atoms with Crippen LogP contribution in [0.3, 0.4) is 0 Å². The van der Waals surface area contributed by atoms with Crippen molar-refractivity contribution < 1.29 is 95.2 Å². The van der Waals surface area contributed by atoms with Crippen LogP contribution in [0.15, 0.2) is 103 Å². The van der Waals surface area contributed by atoms with Crippen LogP contribution in [0.25, 0.3) is 39.5 Å². The number of fused-ring (bicyclic) bond motifs is 2. The number of aliphatic hydroxyl groups excluding tert-OH is 2. The lowest BCUT2D eigenvalue weighted by Gasteiger charge is -2.19. The monoisotopic (exact) mass is 1260 g/mol. The van der Waals surface area contributed by atoms with Crippen LogP contribution in [0.4, 0.5) is 5.82 Å². The van der Waals surface area contributed by atoms with Crippen molar-refractivity contribution in [2.45, 2.75) is 75.4 Å². The van der Waals surface area contributed by atoms with Gasteiger partial charge in [0.2, 0.25) is 5.91 Å². The van der Waals surface area contributed by atoms with Crippen molar-refractivity contribution in [1.82, 2.24) is 29.7 Å². The number of phosphoric acid groups is 2. The van der Waals surface area contributed by atoms with Crippen molar-refractivity contribution in [2.75, 3.05) is 71.7 Å². The van der Waals surface area contributed by atoms with Crippen molar-refractivity contribution in [3.8, 4) is 28.2 Å². The van der Waals surface area contributed by atoms with E-state index in [9.17, 15) is 72.9 Å². The Balaban J connectivity index is 0.700. The van der Waals surface area contributed by atoms with Gasteiger partial charge in [0.15, 0.2) is 5.43 Å². The zero-order valence-electron chi connectivity index (χ0n) is 46.2. The van der Waals surface area contributed by atoms with Crippen molar-refractivity contribution in [3.05, 3.63) is 137 Å². The van der Waals surface area contributed by atoms with Crippen LogP contribution in [0.5, 0.6) is 5.75 Å². The number of phenolic OH excluding ortho intramolecular Hbond substituents is 1. The highest BCUT2D eigenvalue weighted by Crippen LogP contribution is 2.49. The van der Waals surface area contributed by atoms with E-state index in [4.69, 9.17) is 47.2 Å². The molecular weight excluding hydrogens is 1190 g/mol. The molecule has 4 aliphatic rings. The molecular formula is C54H63N7O24P2. The number of nitrogens with two attached hydrogens (primary N) is 1. The summed E-state index contributed by atoms with van der Waals surface area (Å²) in [5.74, 6) is -2.21. The number of aromatic hydroxyl groups is 1. The lowest BCUT2D eigenvalue weighted by atomic mass is 9.89. The number of carbonyl (C=O) groups excluding carboxylic acids is 2. The van der Waals surface area contributed by atoms with Gasteiger partial charge in [0, 0.05) is 78.6 Å². The molecule has 87 heavy (non-hydrogen) atoms. The summed E-state index contributed by atoms with van der Waals surface area (Å²) in [5.41, 5.74) is 3.87. The number of phenols is 1. The van der Waals surface area contributed by atoms with E-state index in [0.29, 0.717) is 42.2 Å². The zero-order valence-corrected chi connectivity index (χ0v) is 48.0. The van der Waals surface area contributed by atoms with Gasteiger partial charge in [-0.3, -0.25) is 51.4 Å². The zero-order chi connectivity index (χ0) is 62.4. The number of ether oxygens (including phenoxy) is 4. The third-order valence-electron chi connectivity index (χ3n) is 13.6. The van der Waals surface area contributed by atoms with E-state index in [2.05, 4.69) is 20.6 Å². The van der Waals surface area contributed by atoms with Gasteiger partial charge in [-0.05, 0) is 73.0 Å². The Kier molecular flexibility index (Phi) is 22.5. The molecule has 5 heterocycles. The second-order valence-electron chi connectivity index (χ2n) is 19.7. The molecule has 33 heteroatoms. The van der Waals surface area contributed by atoms with Crippen LogP contribution in [-0.2, 0) is 51.0 Å². The fourth-order valence-corrected chi connectivity index (χ4v) is 11.0. The number of hydrogen-bond donors (Lipinski definition) is 10. The minimum absolute atomic E-state index is 0.00196. The predicted octanol–water partition coefficient (Wildman–Crippen LogP) is 2.37. The number of carbonyl (C=O) groups is 3. The molecule has 3 aliphatic heterocycles. The summed E-state index contributed by atoms with van der Waals surface area (Å²) in [5, 5.41) is 46.6. The van der Waals surface area contributed by atoms with Crippen LogP contribution >= 0.6 is 15.6 Å². The molecule has 2 saturated heterocycles. The largest absolute Gasteiger partial charge is 0.508 e. The molecule has 11 N–H and O–H groups in total. The number of aromatic carboxylic acids is 1. The van der Waals surface area contributed by atoms with E-state index in [-0.39, 0.29) is 110 Å². The van der Waals surface area contributed by atoms with E-state index in [1.807, 2.05) is 0 Å². The third-order valence-corrected chi connectivity index (χ3v) is 15.6. The number of aromatic amines is 1. The average Bonchev–Trinajstić information content (AvgIpc) is 3.17. The number of rotatable bonds is 31. The van der Waals surface area contributed by atoms with Gasteiger partial charge < -0.3 is 69.9 Å². The number of hydrogen-bond acceptors (Lipinski definition) is 23. The Morgan fingerprint density at radius 2 is 1.48 bits per heavy atom. The topological polar surface area (TPSA) is 451 Å². The summed E-state index contributed by atoms with van der Waals surface area (Å²) in [7, 11) is -9.41. The lowest BCUT2D eigenvalue weighted by Crippen LogP contribution is -2.33. The number of unbranched alkanes of at least 4 members (excludes halogenated alkanes) is 3. The number of nitrogens with one attached hydrogen (secondary N) is 3. The molecule has 4 aromatic rings. The summed E-state index contributed by atoms with van der Waals surface area (Å²) in [6.07, 6.45) is 0.111. The first-order valence-corrected chi connectivity index (χ1v) is 30.1. The smallest absolute Gasteiger partial charge is 0.472 e. The summed E-state index contributed by atoms with van der Waals surface area (Å²) in [6, 6.07) is 13.9. The molecule has 2 amide bonds. The standard InChI is InChI=1S/C54H63N7O24P2/c55-45-13-16-60(53(71)58-45)47-26-39(65)44(84-47)30-81-86(73,74)79-21-19-77-17-18-78-20-22-80-87(75,76)85-42-27-48(83-43(42)29-62)61-28-32(51(68)59-54(61)72)6-12-46(66)56-14-3-1-2-4-15-57-50(67)31-5-9-35(52(69)70)38(23-31)49-36-10-7-33(63)24-40(36)82-41-25-34(64)8-11-37(41)49/h5-13,16,23-25,28,39,42-44,47-48,62-63,65H,1-4,14-15,17-22,26-27,29-30H2,(H,56,66)(H,57,67)(H,69,70)(H,73,74)(H,75,76)(H2,55,58,71)(H,59,68,72)/b12-6+. The summed E-state index contributed by atoms with van der Waals surface area (Å²) < 4.78 is 75.1. The van der Waals surface area contributed by atoms with Crippen LogP contribution in [0, 0.1) is 0 Å². The van der Waals surface area contributed by atoms with Gasteiger partial charge in [-0.15, -0.1) is 0 Å². The number of carboxylic acid groups (broad SMARTS) is 1. The maximum Gasteiger partial charge on any atom is 0.472 e. The number of nitrogen functional groups attached to an aromatic ring is 1. The minimum atomic E-state index is -4.81. The van der Waals surface area contributed by atoms with E-state index >= 15 is 0 Å². The number of aliphatic hydroxyl groups is 2. The Bertz CT molecular complexity index is 3780. The van der Waals surface area contributed by atoms with Gasteiger partial charge in [-0.2, -0.15) is 4.98 Å². The molecule has 1 aliphatic carbocycles. The number of H-pyrrole nitrogens is 1. The number of amides is 2. The summed E-state index contributed by atoms with van der Waals surface area (Å²) in [4.78, 5) is 115. The second kappa shape index (κ2) is 29.9. The van der Waals surface area contributed by atoms with E-state index in [0.717, 1.165) is 21.4 Å². The number of phosphoric ester groups is 2. The number of anilines is 1. The second-order valence-corrected chi connectivity index (χ2v) is 22.6. The van der Waals surface area contributed by atoms with E-state index in [1.54, 1.807) is 6.07 Å². The predicted molar refractivity (Wildman–Crippen MR) is 304 cm³/mol. The van der Waals surface area contributed by atoms with Crippen molar-refractivity contribution in [1.29, 1.82) is 0 Å². The summed E-state index contributed by atoms with van der Waals surface area (Å²) >= 11 is 0. The van der Waals surface area contributed by atoms with Crippen molar-refractivity contribution >= 4 is 56.3 Å². The first kappa shape index (κ1) is 65.4. The van der Waals surface area contributed by atoms with Gasteiger partial charge in [-0.1, -0.05) is 12.8 Å². The quantitative estimate of drug-likeness (QED) is 0.0129. The molecule has 0 radical (unpaired) electrons. The molecule has 0 bridgehead atoms. The molecule has 8 rings (SSSR count). The number of nitrogens with zero attached hydrogens (tertiary/aromatic N) is 3. The van der Waals surface area contributed by atoms with Gasteiger partial charge in [0.25, 0.3) is 11.5 Å². The van der Waals surface area contributed by atoms with E-state index in [1.165, 1.54) is 66.9 Å². The van der Waals surface area contributed by atoms with Gasteiger partial charge >= 0.3 is 33.0 Å². The maximum absolute atomic E-state index is 13.3. The van der Waals surface area contributed by atoms with Crippen LogP contribution < -0.4 is 38.7 Å². The minimum Gasteiger partial charge on any atom is -0.508 e.